The minimum absolute atomic E-state index is 0.151. The molecule has 0 saturated heterocycles. The Labute approximate surface area is 655 Å². The summed E-state index contributed by atoms with van der Waals surface area (Å²) in [5, 5.41) is 23.4. The van der Waals surface area contributed by atoms with Crippen molar-refractivity contribution in [2.45, 2.75) is 87.0 Å². The van der Waals surface area contributed by atoms with Crippen molar-refractivity contribution >= 4 is 130 Å². The van der Waals surface area contributed by atoms with Crippen LogP contribution in [0.2, 0.25) is 0 Å². The minimum atomic E-state index is 0.151. The van der Waals surface area contributed by atoms with Gasteiger partial charge in [0.2, 0.25) is 0 Å². The van der Waals surface area contributed by atoms with E-state index in [4.69, 9.17) is 13.3 Å². The van der Waals surface area contributed by atoms with Crippen molar-refractivity contribution in [3.05, 3.63) is 407 Å². The van der Waals surface area contributed by atoms with Gasteiger partial charge in [0.05, 0.1) is 0 Å². The zero-order valence-corrected chi connectivity index (χ0v) is 65.6. The Kier molecular flexibility index (Phi) is 19.1. The highest BCUT2D eigenvalue weighted by molar-refractivity contribution is 6.27. The van der Waals surface area contributed by atoms with Crippen LogP contribution in [0.3, 0.4) is 0 Å². The van der Waals surface area contributed by atoms with Crippen LogP contribution in [0.4, 0.5) is 0 Å². The van der Waals surface area contributed by atoms with Gasteiger partial charge in [0.25, 0.3) is 0 Å². The van der Waals surface area contributed by atoms with Crippen molar-refractivity contribution in [2.24, 2.45) is 0 Å². The molecule has 0 amide bonds. The number of rotatable bonds is 0. The lowest BCUT2D eigenvalue weighted by molar-refractivity contribution is 0.659. The first-order valence-electron chi connectivity index (χ1n) is 39.1. The third-order valence-electron chi connectivity index (χ3n) is 23.0. The minimum Gasteiger partial charge on any atom is -0.456 e. The van der Waals surface area contributed by atoms with Crippen molar-refractivity contribution in [3.63, 3.8) is 0 Å². The number of fused-ring (bicyclic) bond motifs is 27. The maximum Gasteiger partial charge on any atom is 0.138 e. The normalized spacial score (nSPS) is 12.6. The molecule has 0 radical (unpaired) electrons. The molecular formula is C109H90O3. The quantitative estimate of drug-likeness (QED) is 0.142. The summed E-state index contributed by atoms with van der Waals surface area (Å²) in [5.41, 5.74) is 26.7. The van der Waals surface area contributed by atoms with Crippen molar-refractivity contribution in [2.75, 3.05) is 0 Å². The molecule has 3 heteroatoms. The van der Waals surface area contributed by atoms with Gasteiger partial charge in [-0.3, -0.25) is 0 Å². The van der Waals surface area contributed by atoms with Crippen molar-refractivity contribution in [3.8, 4) is 22.3 Å². The van der Waals surface area contributed by atoms with E-state index in [2.05, 4.69) is 361 Å². The molecule has 0 atom stereocenters. The Morgan fingerprint density at radius 1 is 0.179 bits per heavy atom. The number of furan rings is 3. The molecule has 0 spiro atoms. The molecule has 0 N–H and O–H groups in total. The zero-order chi connectivity index (χ0) is 76.9. The molecule has 0 bridgehead atoms. The molecule has 0 saturated carbocycles. The Morgan fingerprint density at radius 2 is 0.500 bits per heavy atom. The monoisotopic (exact) mass is 1450 g/mol. The molecule has 112 heavy (non-hydrogen) atoms. The SMILES string of the molecule is Cc1ccc2c(c1)-c1ccccc1C2(C)C.Cc1ccc2c(c1)C(C)(C)c1ccccc1-2.Cc1ccc2c(c1)oc1ccccc12.Cc1ccc2c3ccccc3c3ccccc3c2c1.Cc1ccc2oc3ccccc3c2c1.Cc1cccc2c1oc1ccccc12.Cc1cccc2c3ccccc3c3ccccc3c12. The van der Waals surface area contributed by atoms with Crippen LogP contribution in [-0.4, -0.2) is 0 Å². The van der Waals surface area contributed by atoms with E-state index in [1.165, 1.54) is 180 Å². The summed E-state index contributed by atoms with van der Waals surface area (Å²) in [6.07, 6.45) is 0. The van der Waals surface area contributed by atoms with E-state index in [0.29, 0.717) is 0 Å². The maximum atomic E-state index is 5.78. The Hall–Kier alpha value is -13.1. The summed E-state index contributed by atoms with van der Waals surface area (Å²) in [6.45, 7) is 24.2. The second-order valence-electron chi connectivity index (χ2n) is 31.4. The molecule has 2 aliphatic rings. The van der Waals surface area contributed by atoms with Crippen LogP contribution < -0.4 is 0 Å². The summed E-state index contributed by atoms with van der Waals surface area (Å²) >= 11 is 0. The Bertz CT molecular complexity index is 7010. The van der Waals surface area contributed by atoms with Crippen molar-refractivity contribution in [1.29, 1.82) is 0 Å². The number of hydrogen-bond donors (Lipinski definition) is 0. The lowest BCUT2D eigenvalue weighted by Crippen LogP contribution is -2.14. The highest BCUT2D eigenvalue weighted by Gasteiger charge is 2.36. The van der Waals surface area contributed by atoms with E-state index < -0.39 is 0 Å². The maximum absolute atomic E-state index is 5.78. The van der Waals surface area contributed by atoms with Crippen LogP contribution in [0, 0.1) is 48.5 Å². The van der Waals surface area contributed by atoms with E-state index in [1.807, 2.05) is 60.7 Å². The van der Waals surface area contributed by atoms with Gasteiger partial charge in [-0.1, -0.05) is 359 Å². The van der Waals surface area contributed by atoms with Gasteiger partial charge in [0.1, 0.15) is 33.5 Å². The van der Waals surface area contributed by atoms with Gasteiger partial charge in [-0.15, -0.1) is 0 Å². The lowest BCUT2D eigenvalue weighted by atomic mass is 9.82. The average Bonchev–Trinajstić information content (AvgIpc) is 1.20. The molecule has 3 aromatic heterocycles. The third kappa shape index (κ3) is 13.3. The summed E-state index contributed by atoms with van der Waals surface area (Å²) in [4.78, 5) is 0. The average molecular weight is 1450 g/mol. The van der Waals surface area contributed by atoms with Crippen LogP contribution >= 0.6 is 0 Å². The summed E-state index contributed by atoms with van der Waals surface area (Å²) in [7, 11) is 0. The summed E-state index contributed by atoms with van der Waals surface area (Å²) < 4.78 is 17.2. The van der Waals surface area contributed by atoms with Gasteiger partial charge < -0.3 is 13.3 Å². The van der Waals surface area contributed by atoms with E-state index in [0.717, 1.165) is 33.5 Å². The zero-order valence-electron chi connectivity index (χ0n) is 65.6. The molecule has 544 valence electrons. The highest BCUT2D eigenvalue weighted by Crippen LogP contribution is 2.50. The van der Waals surface area contributed by atoms with Gasteiger partial charge in [-0.05, 0) is 211 Å². The van der Waals surface area contributed by atoms with Gasteiger partial charge >= 0.3 is 0 Å². The molecular weight excluding hydrogens is 1360 g/mol. The molecule has 21 aromatic rings. The van der Waals surface area contributed by atoms with E-state index >= 15 is 0 Å². The lowest BCUT2D eigenvalue weighted by Gasteiger charge is -2.21. The smallest absolute Gasteiger partial charge is 0.138 e. The van der Waals surface area contributed by atoms with Crippen LogP contribution in [0.1, 0.15) is 88.9 Å². The second-order valence-corrected chi connectivity index (χ2v) is 31.4. The van der Waals surface area contributed by atoms with Crippen molar-refractivity contribution in [1.82, 2.24) is 0 Å². The predicted molar refractivity (Wildman–Crippen MR) is 480 cm³/mol. The number of hydrogen-bond acceptors (Lipinski definition) is 3. The first kappa shape index (κ1) is 71.8. The van der Waals surface area contributed by atoms with E-state index in [-0.39, 0.29) is 10.8 Å². The number of aryl methyl sites for hydroxylation is 7. The van der Waals surface area contributed by atoms with Gasteiger partial charge in [-0.2, -0.15) is 0 Å². The van der Waals surface area contributed by atoms with Crippen LogP contribution in [0.5, 0.6) is 0 Å². The standard InChI is InChI=1S/2C19H14.2C16H16.3C13H10O/c1-13-7-6-12-18-16-9-3-2-8-14(16)15-10-4-5-11-17(15)19(13)18;1-13-10-11-18-16-8-3-2-6-14(16)15-7-4-5-9-17(15)19(18)12-13;1-11-8-9-15-13(10-11)12-6-4-5-7-14(12)16(15,2)3;1-11-8-9-13-12-6-4-5-7-14(12)16(2,3)15(13)10-11;1-9-5-4-7-11-10-6-2-3-8-12(10)14-13(9)11;1-9-6-7-13-11(8-9)10-4-2-3-5-12(10)14-13;1-9-6-7-11-10-4-2-3-5-12(10)14-13(11)8-9/h2*2-12H,1H3;2*4-10H,1-3H3;3*2-8H,1H3. The van der Waals surface area contributed by atoms with Gasteiger partial charge in [-0.25, -0.2) is 0 Å². The fourth-order valence-corrected chi connectivity index (χ4v) is 17.4. The Balaban J connectivity index is 0.0000000951. The molecule has 0 fully saturated rings. The predicted octanol–water partition coefficient (Wildman–Crippen LogP) is 31.2. The molecule has 0 unspecified atom stereocenters. The molecule has 3 heterocycles. The largest absolute Gasteiger partial charge is 0.456 e. The van der Waals surface area contributed by atoms with Crippen molar-refractivity contribution < 1.29 is 13.3 Å². The topological polar surface area (TPSA) is 39.4 Å². The first-order chi connectivity index (χ1) is 54.5. The molecule has 0 aliphatic heterocycles. The van der Waals surface area contributed by atoms with Crippen LogP contribution in [-0.2, 0) is 10.8 Å². The molecule has 18 aromatic carbocycles. The molecule has 3 nitrogen and oxygen atoms in total. The second kappa shape index (κ2) is 29.7. The fraction of sp³-hybridized carbons (Fsp3) is 0.119. The summed E-state index contributed by atoms with van der Waals surface area (Å²) in [6, 6.07) is 122. The summed E-state index contributed by atoms with van der Waals surface area (Å²) in [5.74, 6) is 0. The fourth-order valence-electron chi connectivity index (χ4n) is 17.4. The van der Waals surface area contributed by atoms with Gasteiger partial charge in [0, 0.05) is 43.1 Å². The highest BCUT2D eigenvalue weighted by atomic mass is 16.3. The molecule has 2 aliphatic carbocycles. The first-order valence-corrected chi connectivity index (χ1v) is 39.1. The number of para-hydroxylation sites is 4. The van der Waals surface area contributed by atoms with Crippen LogP contribution in [0.15, 0.2) is 359 Å². The van der Waals surface area contributed by atoms with E-state index in [9.17, 15) is 0 Å². The third-order valence-corrected chi connectivity index (χ3v) is 23.0. The molecule has 23 rings (SSSR count). The van der Waals surface area contributed by atoms with Crippen LogP contribution in [0.25, 0.3) is 153 Å². The van der Waals surface area contributed by atoms with Gasteiger partial charge in [0.15, 0.2) is 0 Å². The number of benzene rings is 18. The Morgan fingerprint density at radius 3 is 1.08 bits per heavy atom. The van der Waals surface area contributed by atoms with E-state index in [1.54, 1.807) is 0 Å².